The van der Waals surface area contributed by atoms with E-state index >= 15 is 0 Å². The van der Waals surface area contributed by atoms with Gasteiger partial charge in [0.1, 0.15) is 5.01 Å². The molecule has 1 aromatic heterocycles. The van der Waals surface area contributed by atoms with Crippen LogP contribution in [0, 0.1) is 16.7 Å². The number of benzene rings is 1. The summed E-state index contributed by atoms with van der Waals surface area (Å²) in [4.78, 5) is 4.73. The molecule has 0 radical (unpaired) electrons. The maximum Gasteiger partial charge on any atom is 0.107 e. The molecular weight excluding hydrogens is 276 g/mol. The fourth-order valence-corrected chi connectivity index (χ4v) is 4.07. The zero-order valence-corrected chi connectivity index (χ0v) is 14.1. The normalized spacial score (nSPS) is 19.6. The van der Waals surface area contributed by atoms with E-state index in [0.717, 1.165) is 24.7 Å². The third-order valence-corrected chi connectivity index (χ3v) is 6.41. The molecular formula is C18H24N2S. The van der Waals surface area contributed by atoms with Crippen LogP contribution in [0.4, 0.5) is 0 Å². The van der Waals surface area contributed by atoms with E-state index < -0.39 is 0 Å². The Morgan fingerprint density at radius 2 is 1.76 bits per heavy atom. The van der Waals surface area contributed by atoms with Gasteiger partial charge in [0.05, 0.1) is 5.69 Å². The molecule has 112 valence electrons. The molecule has 0 spiro atoms. The fraction of sp³-hybridized carbons (Fsp3) is 0.500. The molecule has 0 unspecified atom stereocenters. The second-order valence-electron chi connectivity index (χ2n) is 7.12. The van der Waals surface area contributed by atoms with Gasteiger partial charge in [0, 0.05) is 17.5 Å². The highest BCUT2D eigenvalue weighted by Gasteiger charge is 2.63. The largest absolute Gasteiger partial charge is 0.310 e. The van der Waals surface area contributed by atoms with Gasteiger partial charge >= 0.3 is 0 Å². The number of aromatic nitrogens is 1. The lowest BCUT2D eigenvalue weighted by atomic mass is 10.0. The summed E-state index contributed by atoms with van der Waals surface area (Å²) in [5.74, 6) is 0.763. The van der Waals surface area contributed by atoms with E-state index in [1.165, 1.54) is 10.6 Å². The fourth-order valence-electron chi connectivity index (χ4n) is 3.30. The third kappa shape index (κ3) is 2.65. The van der Waals surface area contributed by atoms with Crippen LogP contribution in [0.15, 0.2) is 35.7 Å². The summed E-state index contributed by atoms with van der Waals surface area (Å²) >= 11 is 1.74. The molecule has 0 atom stereocenters. The van der Waals surface area contributed by atoms with Crippen LogP contribution >= 0.6 is 11.3 Å². The van der Waals surface area contributed by atoms with Crippen molar-refractivity contribution in [1.29, 1.82) is 0 Å². The minimum Gasteiger partial charge on any atom is -0.310 e. The minimum absolute atomic E-state index is 0.456. The number of hydrogen-bond donors (Lipinski definition) is 1. The molecule has 1 heterocycles. The first-order valence-electron chi connectivity index (χ1n) is 7.63. The van der Waals surface area contributed by atoms with Gasteiger partial charge in [0.15, 0.2) is 0 Å². The van der Waals surface area contributed by atoms with Crippen LogP contribution in [0.2, 0.25) is 0 Å². The summed E-state index contributed by atoms with van der Waals surface area (Å²) in [5.41, 5.74) is 3.20. The Bertz CT molecular complexity index is 599. The van der Waals surface area contributed by atoms with Gasteiger partial charge in [0.25, 0.3) is 0 Å². The smallest absolute Gasteiger partial charge is 0.107 e. The van der Waals surface area contributed by atoms with Crippen LogP contribution in [0.1, 0.15) is 32.7 Å². The second-order valence-corrected chi connectivity index (χ2v) is 8.06. The number of nitrogens with zero attached hydrogens (tertiary/aromatic N) is 1. The van der Waals surface area contributed by atoms with Crippen LogP contribution in [0.25, 0.3) is 11.3 Å². The van der Waals surface area contributed by atoms with Crippen LogP contribution < -0.4 is 5.32 Å². The molecule has 2 nitrogen and oxygen atoms in total. The highest BCUT2D eigenvalue weighted by atomic mass is 32.1. The Labute approximate surface area is 131 Å². The lowest BCUT2D eigenvalue weighted by Crippen LogP contribution is -2.18. The van der Waals surface area contributed by atoms with Crippen LogP contribution in [-0.2, 0) is 6.54 Å². The zero-order valence-electron chi connectivity index (χ0n) is 13.3. The van der Waals surface area contributed by atoms with Crippen molar-refractivity contribution >= 4 is 11.3 Å². The highest BCUT2D eigenvalue weighted by molar-refractivity contribution is 7.09. The Balaban J connectivity index is 1.55. The number of thiazole rings is 1. The van der Waals surface area contributed by atoms with E-state index in [4.69, 9.17) is 4.98 Å². The SMILES string of the molecule is CC1(C)C(CNCc2nc(-c3ccccc3)cs2)C1(C)C. The summed E-state index contributed by atoms with van der Waals surface area (Å²) < 4.78 is 0. The molecule has 0 bridgehead atoms. The third-order valence-electron chi connectivity index (χ3n) is 5.57. The van der Waals surface area contributed by atoms with Crippen LogP contribution in [-0.4, -0.2) is 11.5 Å². The van der Waals surface area contributed by atoms with Gasteiger partial charge in [-0.1, -0.05) is 58.0 Å². The Hall–Kier alpha value is -1.19. The monoisotopic (exact) mass is 300 g/mol. The maximum absolute atomic E-state index is 4.73. The lowest BCUT2D eigenvalue weighted by molar-refractivity contribution is 0.457. The van der Waals surface area contributed by atoms with Gasteiger partial charge < -0.3 is 5.32 Å². The molecule has 3 rings (SSSR count). The van der Waals surface area contributed by atoms with Gasteiger partial charge in [-0.3, -0.25) is 0 Å². The molecule has 0 saturated heterocycles. The van der Waals surface area contributed by atoms with Crippen molar-refractivity contribution in [1.82, 2.24) is 10.3 Å². The van der Waals surface area contributed by atoms with Crippen molar-refractivity contribution < 1.29 is 0 Å². The Morgan fingerprint density at radius 1 is 1.10 bits per heavy atom. The topological polar surface area (TPSA) is 24.9 Å². The molecule has 3 heteroatoms. The average molecular weight is 300 g/mol. The lowest BCUT2D eigenvalue weighted by Gasteiger charge is -2.04. The van der Waals surface area contributed by atoms with Gasteiger partial charge in [0.2, 0.25) is 0 Å². The number of rotatable bonds is 5. The van der Waals surface area contributed by atoms with Crippen molar-refractivity contribution in [2.75, 3.05) is 6.54 Å². The summed E-state index contributed by atoms with van der Waals surface area (Å²) in [6.45, 7) is 11.4. The van der Waals surface area contributed by atoms with Crippen LogP contribution in [0.3, 0.4) is 0 Å². The van der Waals surface area contributed by atoms with Gasteiger partial charge in [-0.25, -0.2) is 4.98 Å². The quantitative estimate of drug-likeness (QED) is 0.874. The first kappa shape index (κ1) is 14.7. The molecule has 1 fully saturated rings. The molecule has 0 amide bonds. The molecule has 1 N–H and O–H groups in total. The molecule has 1 aliphatic carbocycles. The van der Waals surface area contributed by atoms with Crippen LogP contribution in [0.5, 0.6) is 0 Å². The van der Waals surface area contributed by atoms with Crippen molar-refractivity contribution in [2.45, 2.75) is 34.2 Å². The van der Waals surface area contributed by atoms with E-state index in [9.17, 15) is 0 Å². The van der Waals surface area contributed by atoms with E-state index in [1.807, 2.05) is 6.07 Å². The standard InChI is InChI=1S/C18H24N2S/c1-17(2)15(18(17,3)4)10-19-11-16-20-14(12-21-16)13-8-6-5-7-9-13/h5-9,12,15,19H,10-11H2,1-4H3. The predicted molar refractivity (Wildman–Crippen MR) is 90.3 cm³/mol. The highest BCUT2D eigenvalue weighted by Crippen LogP contribution is 2.67. The number of nitrogens with one attached hydrogen (secondary N) is 1. The van der Waals surface area contributed by atoms with Crippen molar-refractivity contribution in [3.63, 3.8) is 0 Å². The molecule has 2 aromatic rings. The molecule has 21 heavy (non-hydrogen) atoms. The molecule has 0 aliphatic heterocycles. The molecule has 1 aliphatic rings. The van der Waals surface area contributed by atoms with Crippen molar-refractivity contribution in [3.8, 4) is 11.3 Å². The number of hydrogen-bond acceptors (Lipinski definition) is 3. The maximum atomic E-state index is 4.73. The average Bonchev–Trinajstić information content (AvgIpc) is 2.83. The predicted octanol–water partition coefficient (Wildman–Crippen LogP) is 4.58. The Kier molecular flexibility index (Phi) is 3.66. The van der Waals surface area contributed by atoms with Gasteiger partial charge in [-0.05, 0) is 23.3 Å². The first-order chi connectivity index (χ1) is 9.93. The van der Waals surface area contributed by atoms with E-state index in [-0.39, 0.29) is 0 Å². The van der Waals surface area contributed by atoms with E-state index in [0.29, 0.717) is 10.8 Å². The summed E-state index contributed by atoms with van der Waals surface area (Å²) in [6, 6.07) is 10.4. The summed E-state index contributed by atoms with van der Waals surface area (Å²) in [7, 11) is 0. The van der Waals surface area contributed by atoms with E-state index in [1.54, 1.807) is 11.3 Å². The first-order valence-corrected chi connectivity index (χ1v) is 8.51. The van der Waals surface area contributed by atoms with Crippen molar-refractivity contribution in [3.05, 3.63) is 40.7 Å². The molecule has 1 saturated carbocycles. The zero-order chi connectivity index (χ0) is 15.1. The van der Waals surface area contributed by atoms with Crippen molar-refractivity contribution in [2.24, 2.45) is 16.7 Å². The summed E-state index contributed by atoms with van der Waals surface area (Å²) in [5, 5.41) is 6.91. The summed E-state index contributed by atoms with van der Waals surface area (Å²) in [6.07, 6.45) is 0. The minimum atomic E-state index is 0.456. The van der Waals surface area contributed by atoms with Gasteiger partial charge in [-0.15, -0.1) is 11.3 Å². The van der Waals surface area contributed by atoms with E-state index in [2.05, 4.69) is 62.7 Å². The Morgan fingerprint density at radius 3 is 2.38 bits per heavy atom. The van der Waals surface area contributed by atoms with Gasteiger partial charge in [-0.2, -0.15) is 0 Å². The molecule has 1 aromatic carbocycles. The second kappa shape index (κ2) is 5.22.